The average molecular weight is 365 g/mol. The average Bonchev–Trinajstić information content (AvgIpc) is 2.65. The van der Waals surface area contributed by atoms with Crippen LogP contribution in [0.4, 0.5) is 26.0 Å². The Labute approximate surface area is 153 Å². The molecule has 0 aliphatic carbocycles. The SMILES string of the molecule is Cc1nc(Nc2c(F)cccc2F)cc(C(=O)Nc2ccc(C#N)cc2)n1. The van der Waals surface area contributed by atoms with Crippen LogP contribution < -0.4 is 10.6 Å². The van der Waals surface area contributed by atoms with E-state index in [0.717, 1.165) is 12.1 Å². The monoisotopic (exact) mass is 365 g/mol. The Kier molecular flexibility index (Phi) is 5.04. The van der Waals surface area contributed by atoms with Crippen LogP contribution in [-0.2, 0) is 0 Å². The molecule has 0 saturated heterocycles. The quantitative estimate of drug-likeness (QED) is 0.731. The molecule has 1 aromatic heterocycles. The van der Waals surface area contributed by atoms with Gasteiger partial charge < -0.3 is 10.6 Å². The summed E-state index contributed by atoms with van der Waals surface area (Å²) in [5.41, 5.74) is 0.592. The Balaban J connectivity index is 1.84. The molecular weight excluding hydrogens is 352 g/mol. The Morgan fingerprint density at radius 1 is 1.07 bits per heavy atom. The summed E-state index contributed by atoms with van der Waals surface area (Å²) in [6, 6.07) is 13.0. The molecule has 1 amide bonds. The number of carbonyl (C=O) groups is 1. The lowest BCUT2D eigenvalue weighted by Crippen LogP contribution is -2.15. The normalized spacial score (nSPS) is 10.1. The van der Waals surface area contributed by atoms with Crippen molar-refractivity contribution in [3.8, 4) is 6.07 Å². The molecular formula is C19H13F2N5O. The number of carbonyl (C=O) groups excluding carboxylic acids is 1. The third kappa shape index (κ3) is 4.22. The standard InChI is InChI=1S/C19H13F2N5O/c1-11-23-16(19(27)25-13-7-5-12(10-22)6-8-13)9-17(24-11)26-18-14(20)3-2-4-15(18)21/h2-9H,1H3,(H,25,27)(H,23,24,26). The van der Waals surface area contributed by atoms with Crippen LogP contribution in [0.5, 0.6) is 0 Å². The number of benzene rings is 2. The molecule has 6 nitrogen and oxygen atoms in total. The first-order valence-corrected chi connectivity index (χ1v) is 7.84. The second kappa shape index (κ2) is 7.58. The number of nitrogens with zero attached hydrogens (tertiary/aromatic N) is 3. The Morgan fingerprint density at radius 3 is 2.37 bits per heavy atom. The van der Waals surface area contributed by atoms with E-state index in [1.807, 2.05) is 6.07 Å². The first-order chi connectivity index (χ1) is 13.0. The second-order valence-corrected chi connectivity index (χ2v) is 5.55. The molecule has 1 heterocycles. The highest BCUT2D eigenvalue weighted by molar-refractivity contribution is 6.03. The fourth-order valence-corrected chi connectivity index (χ4v) is 2.32. The van der Waals surface area contributed by atoms with Gasteiger partial charge in [0.15, 0.2) is 0 Å². The summed E-state index contributed by atoms with van der Waals surface area (Å²) in [4.78, 5) is 20.5. The fraction of sp³-hybridized carbons (Fsp3) is 0.0526. The van der Waals surface area contributed by atoms with Gasteiger partial charge in [-0.15, -0.1) is 0 Å². The lowest BCUT2D eigenvalue weighted by Gasteiger charge is -2.10. The van der Waals surface area contributed by atoms with Crippen LogP contribution in [0.2, 0.25) is 0 Å². The first-order valence-electron chi connectivity index (χ1n) is 7.84. The summed E-state index contributed by atoms with van der Waals surface area (Å²) in [6.45, 7) is 1.56. The van der Waals surface area contributed by atoms with Crippen molar-refractivity contribution < 1.29 is 13.6 Å². The van der Waals surface area contributed by atoms with Crippen molar-refractivity contribution in [3.05, 3.63) is 77.2 Å². The molecule has 27 heavy (non-hydrogen) atoms. The Hall–Kier alpha value is -3.86. The minimum atomic E-state index is -0.783. The molecule has 0 saturated carbocycles. The molecule has 0 aliphatic rings. The third-order valence-electron chi connectivity index (χ3n) is 3.56. The third-order valence-corrected chi connectivity index (χ3v) is 3.56. The summed E-state index contributed by atoms with van der Waals surface area (Å²) in [7, 11) is 0. The van der Waals surface area contributed by atoms with E-state index in [1.165, 1.54) is 12.1 Å². The van der Waals surface area contributed by atoms with E-state index >= 15 is 0 Å². The van der Waals surface area contributed by atoms with Crippen LogP contribution in [0.1, 0.15) is 21.9 Å². The van der Waals surface area contributed by atoms with E-state index in [0.29, 0.717) is 11.3 Å². The summed E-state index contributed by atoms with van der Waals surface area (Å²) in [6.07, 6.45) is 0. The van der Waals surface area contributed by atoms with Gasteiger partial charge in [-0.05, 0) is 43.3 Å². The van der Waals surface area contributed by atoms with Gasteiger partial charge >= 0.3 is 0 Å². The number of nitriles is 1. The number of aryl methyl sites for hydroxylation is 1. The van der Waals surface area contributed by atoms with Gasteiger partial charge in [-0.25, -0.2) is 18.7 Å². The van der Waals surface area contributed by atoms with Crippen LogP contribution in [-0.4, -0.2) is 15.9 Å². The van der Waals surface area contributed by atoms with Crippen molar-refractivity contribution in [1.29, 1.82) is 5.26 Å². The van der Waals surface area contributed by atoms with Crippen LogP contribution in [0, 0.1) is 29.9 Å². The van der Waals surface area contributed by atoms with Crippen molar-refractivity contribution in [2.24, 2.45) is 0 Å². The Morgan fingerprint density at radius 2 is 1.74 bits per heavy atom. The van der Waals surface area contributed by atoms with Gasteiger partial charge in [0.1, 0.15) is 34.7 Å². The molecule has 0 atom stereocenters. The lowest BCUT2D eigenvalue weighted by atomic mass is 10.2. The summed E-state index contributed by atoms with van der Waals surface area (Å²) < 4.78 is 27.6. The van der Waals surface area contributed by atoms with Gasteiger partial charge in [-0.2, -0.15) is 5.26 Å². The number of nitrogens with one attached hydrogen (secondary N) is 2. The van der Waals surface area contributed by atoms with Gasteiger partial charge in [0.25, 0.3) is 5.91 Å². The molecule has 0 radical (unpaired) electrons. The first kappa shape index (κ1) is 17.9. The molecule has 3 rings (SSSR count). The minimum absolute atomic E-state index is 0.0195. The smallest absolute Gasteiger partial charge is 0.274 e. The predicted octanol–water partition coefficient (Wildman–Crippen LogP) is 3.93. The lowest BCUT2D eigenvalue weighted by molar-refractivity contribution is 0.102. The van der Waals surface area contributed by atoms with Gasteiger partial charge in [-0.1, -0.05) is 6.07 Å². The van der Waals surface area contributed by atoms with Gasteiger partial charge in [0, 0.05) is 11.8 Å². The van der Waals surface area contributed by atoms with Crippen molar-refractivity contribution >= 4 is 23.1 Å². The molecule has 0 bridgehead atoms. The fourth-order valence-electron chi connectivity index (χ4n) is 2.32. The molecule has 134 valence electrons. The van der Waals surface area contributed by atoms with E-state index in [9.17, 15) is 13.6 Å². The number of hydrogen-bond donors (Lipinski definition) is 2. The Bertz CT molecular complexity index is 1020. The zero-order chi connectivity index (χ0) is 19.4. The molecule has 0 aliphatic heterocycles. The highest BCUT2D eigenvalue weighted by atomic mass is 19.1. The predicted molar refractivity (Wildman–Crippen MR) is 95.5 cm³/mol. The zero-order valence-electron chi connectivity index (χ0n) is 14.1. The van der Waals surface area contributed by atoms with Crippen molar-refractivity contribution in [1.82, 2.24) is 9.97 Å². The maximum Gasteiger partial charge on any atom is 0.274 e. The van der Waals surface area contributed by atoms with Crippen LogP contribution in [0.3, 0.4) is 0 Å². The van der Waals surface area contributed by atoms with E-state index < -0.39 is 17.5 Å². The number of halogens is 2. The highest BCUT2D eigenvalue weighted by Crippen LogP contribution is 2.22. The molecule has 2 N–H and O–H groups in total. The van der Waals surface area contributed by atoms with Crippen molar-refractivity contribution in [2.45, 2.75) is 6.92 Å². The molecule has 0 spiro atoms. The summed E-state index contributed by atoms with van der Waals surface area (Å²) in [5.74, 6) is -1.76. The number of para-hydroxylation sites is 1. The largest absolute Gasteiger partial charge is 0.335 e. The number of aromatic nitrogens is 2. The van der Waals surface area contributed by atoms with Gasteiger partial charge in [-0.3, -0.25) is 4.79 Å². The molecule has 0 unspecified atom stereocenters. The zero-order valence-corrected chi connectivity index (χ0v) is 14.1. The van der Waals surface area contributed by atoms with Crippen molar-refractivity contribution in [3.63, 3.8) is 0 Å². The molecule has 0 fully saturated rings. The number of hydrogen-bond acceptors (Lipinski definition) is 5. The highest BCUT2D eigenvalue weighted by Gasteiger charge is 2.14. The van der Waals surface area contributed by atoms with Crippen LogP contribution >= 0.6 is 0 Å². The minimum Gasteiger partial charge on any atom is -0.335 e. The van der Waals surface area contributed by atoms with Gasteiger partial charge in [0.2, 0.25) is 0 Å². The van der Waals surface area contributed by atoms with Crippen LogP contribution in [0.15, 0.2) is 48.5 Å². The molecule has 3 aromatic rings. The maximum atomic E-state index is 13.8. The van der Waals surface area contributed by atoms with E-state index in [2.05, 4.69) is 20.6 Å². The maximum absolute atomic E-state index is 13.8. The molecule has 8 heteroatoms. The van der Waals surface area contributed by atoms with E-state index in [1.54, 1.807) is 31.2 Å². The van der Waals surface area contributed by atoms with E-state index in [4.69, 9.17) is 5.26 Å². The summed E-state index contributed by atoms with van der Waals surface area (Å²) >= 11 is 0. The number of amides is 1. The van der Waals surface area contributed by atoms with Gasteiger partial charge in [0.05, 0.1) is 11.6 Å². The topological polar surface area (TPSA) is 90.7 Å². The summed E-state index contributed by atoms with van der Waals surface area (Å²) in [5, 5.41) is 14.0. The molecule has 2 aromatic carbocycles. The van der Waals surface area contributed by atoms with Crippen molar-refractivity contribution in [2.75, 3.05) is 10.6 Å². The van der Waals surface area contributed by atoms with E-state index in [-0.39, 0.29) is 23.0 Å². The number of anilines is 3. The second-order valence-electron chi connectivity index (χ2n) is 5.55. The number of rotatable bonds is 4. The van der Waals surface area contributed by atoms with Crippen LogP contribution in [0.25, 0.3) is 0 Å².